The third-order valence-corrected chi connectivity index (χ3v) is 15.1. The van der Waals surface area contributed by atoms with Crippen LogP contribution in [0.5, 0.6) is 17.2 Å². The fraction of sp³-hybridized carbons (Fsp3) is 0.618. The maximum absolute atomic E-state index is 9.98. The van der Waals surface area contributed by atoms with Gasteiger partial charge < -0.3 is 29.3 Å². The molecule has 0 amide bonds. The van der Waals surface area contributed by atoms with Crippen LogP contribution in [-0.4, -0.2) is 59.1 Å². The van der Waals surface area contributed by atoms with Crippen molar-refractivity contribution >= 4 is 28.2 Å². The lowest BCUT2D eigenvalue weighted by atomic mass is 9.56. The summed E-state index contributed by atoms with van der Waals surface area (Å²) in [6.45, 7) is 9.62. The lowest BCUT2D eigenvalue weighted by Gasteiger charge is -2.58. The second-order valence-electron chi connectivity index (χ2n) is 18.2. The molecule has 6 rings (SSSR count). The van der Waals surface area contributed by atoms with E-state index in [9.17, 15) is 10.2 Å². The Morgan fingerprint density at radius 2 is 1.41 bits per heavy atom. The van der Waals surface area contributed by atoms with Gasteiger partial charge in [0.1, 0.15) is 23.9 Å². The molecule has 1 heterocycles. The van der Waals surface area contributed by atoms with Crippen LogP contribution in [0.2, 0.25) is 0 Å². The summed E-state index contributed by atoms with van der Waals surface area (Å²) in [5, 5.41) is 27.0. The number of benzene rings is 3. The molecule has 0 aromatic heterocycles. The Bertz CT molecular complexity index is 1880. The van der Waals surface area contributed by atoms with Crippen molar-refractivity contribution in [2.24, 2.45) is 22.9 Å². The Kier molecular flexibility index (Phi) is 20.8. The van der Waals surface area contributed by atoms with Crippen molar-refractivity contribution in [1.82, 2.24) is 0 Å². The van der Waals surface area contributed by atoms with Crippen LogP contribution >= 0.6 is 11.8 Å². The number of hydrogen-bond acceptors (Lipinski definition) is 8. The largest absolute Gasteiger partial charge is 0.460 e. The van der Waals surface area contributed by atoms with E-state index in [1.54, 1.807) is 0 Å². The minimum absolute atomic E-state index is 0.0195. The molecule has 63 heavy (non-hydrogen) atoms. The Labute approximate surface area is 384 Å². The molecule has 1 saturated carbocycles. The highest BCUT2D eigenvalue weighted by molar-refractivity contribution is 8.00. The molecule has 0 spiro atoms. The molecule has 6 atom stereocenters. The van der Waals surface area contributed by atoms with E-state index in [4.69, 9.17) is 24.2 Å². The van der Waals surface area contributed by atoms with E-state index in [1.807, 2.05) is 36.9 Å². The number of oxime groups is 1. The number of nitrogens with zero attached hydrogens (tertiary/aromatic N) is 1. The number of aliphatic hydroxyl groups is 2. The Morgan fingerprint density at radius 1 is 0.762 bits per heavy atom. The molecule has 8 heteroatoms. The summed E-state index contributed by atoms with van der Waals surface area (Å²) in [5.74, 6) is 2.88. The van der Waals surface area contributed by atoms with Gasteiger partial charge in [0.15, 0.2) is 0 Å². The molecule has 3 aromatic rings. The van der Waals surface area contributed by atoms with Gasteiger partial charge in [-0.3, -0.25) is 0 Å². The van der Waals surface area contributed by atoms with Crippen LogP contribution in [0.25, 0.3) is 10.8 Å². The predicted octanol–water partition coefficient (Wildman–Crippen LogP) is 14.5. The van der Waals surface area contributed by atoms with E-state index >= 15 is 0 Å². The average Bonchev–Trinajstić information content (AvgIpc) is 3.30. The van der Waals surface area contributed by atoms with Gasteiger partial charge >= 0.3 is 0 Å². The topological polar surface area (TPSA) is 89.7 Å². The molecule has 3 aliphatic rings. The monoisotopic (exact) mass is 882 g/mol. The first-order valence-corrected chi connectivity index (χ1v) is 26.1. The summed E-state index contributed by atoms with van der Waals surface area (Å²) in [6.07, 6.45) is 29.2. The van der Waals surface area contributed by atoms with Crippen molar-refractivity contribution < 1.29 is 29.3 Å². The number of thioether (sulfide) groups is 1. The molecule has 0 saturated heterocycles. The van der Waals surface area contributed by atoms with Crippen LogP contribution < -0.4 is 9.47 Å². The molecular weight excluding hydrogens is 803 g/mol. The van der Waals surface area contributed by atoms with E-state index < -0.39 is 5.79 Å². The van der Waals surface area contributed by atoms with Crippen LogP contribution in [0.4, 0.5) is 0 Å². The van der Waals surface area contributed by atoms with E-state index in [2.05, 4.69) is 68.1 Å². The second-order valence-corrected chi connectivity index (χ2v) is 19.6. The van der Waals surface area contributed by atoms with Gasteiger partial charge in [-0.1, -0.05) is 151 Å². The quantitative estimate of drug-likeness (QED) is 0.0378. The number of hydrogen-bond donors (Lipinski definition) is 2. The maximum atomic E-state index is 9.98. The number of fused-ring (bicyclic) bond motifs is 3. The summed E-state index contributed by atoms with van der Waals surface area (Å²) in [5.41, 5.74) is 3.31. The molecule has 346 valence electrons. The van der Waals surface area contributed by atoms with Crippen molar-refractivity contribution in [1.29, 1.82) is 0 Å². The molecular formula is C55H79NO6S. The Balaban J connectivity index is 1.26. The smallest absolute Gasteiger partial charge is 0.230 e. The summed E-state index contributed by atoms with van der Waals surface area (Å²) in [4.78, 5) is 5.92. The van der Waals surface area contributed by atoms with Gasteiger partial charge in [-0.2, -0.15) is 11.8 Å². The Hall–Kier alpha value is -3.30. The van der Waals surface area contributed by atoms with Crippen LogP contribution in [0.1, 0.15) is 160 Å². The third kappa shape index (κ3) is 13.4. The third-order valence-electron chi connectivity index (χ3n) is 13.7. The summed E-state index contributed by atoms with van der Waals surface area (Å²) in [7, 11) is 0. The van der Waals surface area contributed by atoms with Crippen molar-refractivity contribution in [2.75, 3.05) is 32.2 Å². The fourth-order valence-electron chi connectivity index (χ4n) is 10.6. The molecule has 3 aromatic carbocycles. The number of aliphatic hydroxyl groups excluding tert-OH is 2. The van der Waals surface area contributed by atoms with Crippen LogP contribution in [0.15, 0.2) is 90.1 Å². The zero-order valence-corrected chi connectivity index (χ0v) is 39.6. The van der Waals surface area contributed by atoms with E-state index in [-0.39, 0.29) is 42.1 Å². The maximum Gasteiger partial charge on any atom is 0.230 e. The average molecular weight is 882 g/mol. The fourth-order valence-corrected chi connectivity index (χ4v) is 12.0. The second kappa shape index (κ2) is 26.6. The van der Waals surface area contributed by atoms with E-state index in [0.717, 1.165) is 84.6 Å². The molecule has 1 aliphatic heterocycles. The highest BCUT2D eigenvalue weighted by Gasteiger charge is 2.64. The number of ether oxygens (including phenoxy) is 3. The zero-order valence-electron chi connectivity index (χ0n) is 38.8. The highest BCUT2D eigenvalue weighted by atomic mass is 32.2. The zero-order chi connectivity index (χ0) is 44.1. The number of unbranched alkanes of at least 4 members (excludes halogenated alkanes) is 15. The first-order valence-electron chi connectivity index (χ1n) is 25.1. The van der Waals surface area contributed by atoms with Gasteiger partial charge in [0.2, 0.25) is 5.79 Å². The lowest BCUT2D eigenvalue weighted by molar-refractivity contribution is -0.223. The summed E-state index contributed by atoms with van der Waals surface area (Å²) < 4.78 is 21.2. The van der Waals surface area contributed by atoms with Crippen LogP contribution in [0.3, 0.4) is 0 Å². The standard InChI is InChI=1S/C55H79NO6S/c1-4-7-8-9-10-11-12-13-14-15-16-17-18-25-37-63-52-41-50(56-60-6-3)48-39-44(28-21-23-34-57)47(29-22-24-35-58)53-49-40-46(61-45-31-30-42-26-19-20-27-43(42)38-45)32-33-51(49)62-55(52,54(48)53)59-36-5-2/h5,19-20,26-27,30-33,38-40,44,47,52-54,57-58H,2,4,6-18,21-25,28-29,34-37,41H2,1,3H3. The van der Waals surface area contributed by atoms with Gasteiger partial charge in [-0.15, -0.1) is 6.58 Å². The molecule has 7 nitrogen and oxygen atoms in total. The van der Waals surface area contributed by atoms with Gasteiger partial charge in [0.25, 0.3) is 0 Å². The van der Waals surface area contributed by atoms with Crippen LogP contribution in [-0.2, 0) is 9.57 Å². The van der Waals surface area contributed by atoms with Crippen molar-refractivity contribution in [2.45, 2.75) is 166 Å². The van der Waals surface area contributed by atoms with Gasteiger partial charge in [0, 0.05) is 31.1 Å². The lowest BCUT2D eigenvalue weighted by Crippen LogP contribution is -2.64. The van der Waals surface area contributed by atoms with E-state index in [0.29, 0.717) is 19.6 Å². The SMILES string of the molecule is C=CCOC12Oc3ccc(Oc4ccc5ccccc5c4)cc3C3C(CCCCO)C(CCCCO)C=C(C(=NOCC)CC1SCCCCCCCCCCCCCCCC)C32. The predicted molar refractivity (Wildman–Crippen MR) is 263 cm³/mol. The Morgan fingerprint density at radius 3 is 2.10 bits per heavy atom. The highest BCUT2D eigenvalue weighted by Crippen LogP contribution is 2.62. The van der Waals surface area contributed by atoms with Gasteiger partial charge in [-0.25, -0.2) is 0 Å². The molecule has 1 fully saturated rings. The van der Waals surface area contributed by atoms with Crippen molar-refractivity contribution in [3.63, 3.8) is 0 Å². The first kappa shape index (κ1) is 49.1. The molecule has 2 N–H and O–H groups in total. The van der Waals surface area contributed by atoms with Crippen molar-refractivity contribution in [3.05, 3.63) is 90.5 Å². The van der Waals surface area contributed by atoms with Crippen LogP contribution in [0, 0.1) is 17.8 Å². The number of allylic oxidation sites excluding steroid dienone is 1. The number of rotatable bonds is 31. The molecule has 0 bridgehead atoms. The van der Waals surface area contributed by atoms with Crippen molar-refractivity contribution in [3.8, 4) is 17.2 Å². The molecule has 2 aliphatic carbocycles. The normalized spacial score (nSPS) is 23.2. The van der Waals surface area contributed by atoms with E-state index in [1.165, 1.54) is 94.4 Å². The first-order chi connectivity index (χ1) is 31.1. The van der Waals surface area contributed by atoms with Gasteiger partial charge in [0.05, 0.1) is 23.5 Å². The minimum Gasteiger partial charge on any atom is -0.460 e. The van der Waals surface area contributed by atoms with Gasteiger partial charge in [-0.05, 0) is 103 Å². The molecule has 0 radical (unpaired) electrons. The molecule has 6 unspecified atom stereocenters. The summed E-state index contributed by atoms with van der Waals surface area (Å²) in [6, 6.07) is 21.0. The summed E-state index contributed by atoms with van der Waals surface area (Å²) >= 11 is 1.98. The minimum atomic E-state index is -0.949.